The summed E-state index contributed by atoms with van der Waals surface area (Å²) in [4.78, 5) is 35.4. The first kappa shape index (κ1) is 23.8. The highest BCUT2D eigenvalue weighted by molar-refractivity contribution is 5.98. The smallest absolute Gasteiger partial charge is 0.249 e. The van der Waals surface area contributed by atoms with E-state index in [1.165, 1.54) is 12.3 Å². The molecule has 0 spiro atoms. The van der Waals surface area contributed by atoms with Crippen molar-refractivity contribution in [2.75, 3.05) is 30.3 Å². The summed E-state index contributed by atoms with van der Waals surface area (Å²) in [5.74, 6) is 0.911. The topological polar surface area (TPSA) is 116 Å². The minimum atomic E-state index is -0.783. The molecule has 1 atom stereocenters. The average molecular weight is 490 g/mol. The van der Waals surface area contributed by atoms with Crippen LogP contribution in [0.15, 0.2) is 54.9 Å². The number of carbonyl (C=O) groups is 2. The zero-order valence-corrected chi connectivity index (χ0v) is 19.8. The normalized spacial score (nSPS) is 18.0. The van der Waals surface area contributed by atoms with Gasteiger partial charge in [-0.1, -0.05) is 24.3 Å². The van der Waals surface area contributed by atoms with Crippen LogP contribution in [-0.4, -0.2) is 62.7 Å². The van der Waals surface area contributed by atoms with Crippen molar-refractivity contribution in [1.82, 2.24) is 25.1 Å². The number of hydrogen-bond donors (Lipinski definition) is 3. The number of halogens is 1. The van der Waals surface area contributed by atoms with Crippen LogP contribution >= 0.6 is 0 Å². The molecule has 3 N–H and O–H groups in total. The van der Waals surface area contributed by atoms with E-state index in [0.29, 0.717) is 49.3 Å². The molecule has 3 aromatic rings. The Morgan fingerprint density at radius 1 is 1.14 bits per heavy atom. The Morgan fingerprint density at radius 2 is 2.03 bits per heavy atom. The number of hydrogen-bond acceptors (Lipinski definition) is 6. The third kappa shape index (κ3) is 6.39. The molecule has 1 aromatic carbocycles. The molecule has 9 nitrogen and oxygen atoms in total. The van der Waals surface area contributed by atoms with E-state index in [0.717, 1.165) is 29.7 Å². The molecule has 2 aromatic heterocycles. The van der Waals surface area contributed by atoms with Gasteiger partial charge >= 0.3 is 0 Å². The Labute approximate surface area is 208 Å². The molecule has 1 aliphatic heterocycles. The highest BCUT2D eigenvalue weighted by Gasteiger charge is 2.25. The van der Waals surface area contributed by atoms with Crippen LogP contribution in [0.3, 0.4) is 0 Å². The van der Waals surface area contributed by atoms with Crippen molar-refractivity contribution in [1.29, 1.82) is 0 Å². The molecule has 2 fully saturated rings. The van der Waals surface area contributed by atoms with E-state index in [9.17, 15) is 14.0 Å². The van der Waals surface area contributed by atoms with Gasteiger partial charge in [0.25, 0.3) is 0 Å². The van der Waals surface area contributed by atoms with Crippen molar-refractivity contribution in [3.8, 4) is 11.3 Å². The molecule has 2 amide bonds. The van der Waals surface area contributed by atoms with Gasteiger partial charge in [-0.25, -0.2) is 9.37 Å². The lowest BCUT2D eigenvalue weighted by molar-refractivity contribution is -0.115. The number of aromatic amines is 1. The summed E-state index contributed by atoms with van der Waals surface area (Å²) in [6.07, 6.45) is 8.49. The Bertz CT molecular complexity index is 1270. The molecule has 1 saturated carbocycles. The van der Waals surface area contributed by atoms with Gasteiger partial charge in [0.05, 0.1) is 24.5 Å². The van der Waals surface area contributed by atoms with E-state index >= 15 is 0 Å². The van der Waals surface area contributed by atoms with Gasteiger partial charge < -0.3 is 10.6 Å². The highest BCUT2D eigenvalue weighted by atomic mass is 19.1. The molecule has 0 radical (unpaired) electrons. The Balaban J connectivity index is 1.17. The monoisotopic (exact) mass is 489 g/mol. The lowest BCUT2D eigenvalue weighted by atomic mass is 10.1. The van der Waals surface area contributed by atoms with E-state index in [4.69, 9.17) is 0 Å². The highest BCUT2D eigenvalue weighted by Crippen LogP contribution is 2.39. The molecule has 0 unspecified atom stereocenters. The number of anilines is 2. The quantitative estimate of drug-likeness (QED) is 0.397. The van der Waals surface area contributed by atoms with E-state index in [1.54, 1.807) is 12.3 Å². The molecule has 10 heteroatoms. The minimum Gasteiger partial charge on any atom is -0.309 e. The maximum Gasteiger partial charge on any atom is 0.249 e. The lowest BCUT2D eigenvalue weighted by Gasteiger charge is -2.10. The van der Waals surface area contributed by atoms with E-state index < -0.39 is 6.17 Å². The summed E-state index contributed by atoms with van der Waals surface area (Å²) in [7, 11) is 0. The number of likely N-dealkylation sites (tertiary alicyclic amines) is 1. The van der Waals surface area contributed by atoms with Crippen LogP contribution in [-0.2, 0) is 16.0 Å². The first-order valence-corrected chi connectivity index (χ1v) is 12.1. The number of alkyl halides is 1. The SMILES string of the molecule is O=C(/C=C/CN1CC[C@H](F)C1)Nc1cncc(-c2cccc(CC(=O)Nc3cc(C4CC4)[nH]n3)c2)n1. The molecule has 186 valence electrons. The number of aromatic nitrogens is 4. The van der Waals surface area contributed by atoms with Gasteiger partial charge in [0.1, 0.15) is 6.17 Å². The zero-order valence-electron chi connectivity index (χ0n) is 19.8. The van der Waals surface area contributed by atoms with Gasteiger partial charge in [-0.2, -0.15) is 5.10 Å². The minimum absolute atomic E-state index is 0.157. The summed E-state index contributed by atoms with van der Waals surface area (Å²) >= 11 is 0. The van der Waals surface area contributed by atoms with Crippen LogP contribution in [0.1, 0.15) is 36.4 Å². The Morgan fingerprint density at radius 3 is 2.83 bits per heavy atom. The molecular weight excluding hydrogens is 461 g/mol. The maximum absolute atomic E-state index is 13.2. The van der Waals surface area contributed by atoms with Gasteiger partial charge in [-0.05, 0) is 30.9 Å². The first-order valence-electron chi connectivity index (χ1n) is 12.1. The molecule has 3 heterocycles. The molecule has 36 heavy (non-hydrogen) atoms. The van der Waals surface area contributed by atoms with Crippen molar-refractivity contribution in [3.05, 3.63) is 66.1 Å². The number of amides is 2. The summed E-state index contributed by atoms with van der Waals surface area (Å²) in [5.41, 5.74) is 3.24. The fourth-order valence-electron chi connectivity index (χ4n) is 4.21. The second-order valence-electron chi connectivity index (χ2n) is 9.23. The fourth-order valence-corrected chi connectivity index (χ4v) is 4.21. The second kappa shape index (κ2) is 10.8. The van der Waals surface area contributed by atoms with Crippen molar-refractivity contribution in [3.63, 3.8) is 0 Å². The van der Waals surface area contributed by atoms with Gasteiger partial charge in [-0.15, -0.1) is 0 Å². The maximum atomic E-state index is 13.2. The molecule has 1 saturated heterocycles. The third-order valence-electron chi connectivity index (χ3n) is 6.20. The summed E-state index contributed by atoms with van der Waals surface area (Å²) in [6, 6.07) is 9.37. The second-order valence-corrected chi connectivity index (χ2v) is 9.23. The van der Waals surface area contributed by atoms with Gasteiger partial charge in [-0.3, -0.25) is 24.6 Å². The van der Waals surface area contributed by atoms with Crippen LogP contribution in [0.25, 0.3) is 11.3 Å². The predicted molar refractivity (Wildman–Crippen MR) is 134 cm³/mol. The van der Waals surface area contributed by atoms with Gasteiger partial charge in [0.15, 0.2) is 11.6 Å². The summed E-state index contributed by atoms with van der Waals surface area (Å²) < 4.78 is 13.2. The zero-order chi connectivity index (χ0) is 24.9. The van der Waals surface area contributed by atoms with Crippen molar-refractivity contribution >= 4 is 23.5 Å². The average Bonchev–Trinajstić information content (AvgIpc) is 3.47. The molecule has 2 aliphatic rings. The summed E-state index contributed by atoms with van der Waals surface area (Å²) in [6.45, 7) is 1.64. The number of benzene rings is 1. The largest absolute Gasteiger partial charge is 0.309 e. The third-order valence-corrected chi connectivity index (χ3v) is 6.20. The van der Waals surface area contributed by atoms with Crippen LogP contribution in [0.2, 0.25) is 0 Å². The Kier molecular flexibility index (Phi) is 7.13. The van der Waals surface area contributed by atoms with Crippen LogP contribution in [0, 0.1) is 0 Å². The molecule has 1 aliphatic carbocycles. The number of nitrogens with zero attached hydrogens (tertiary/aromatic N) is 4. The van der Waals surface area contributed by atoms with Crippen LogP contribution in [0.4, 0.5) is 16.0 Å². The Hall–Kier alpha value is -3.92. The van der Waals surface area contributed by atoms with Crippen molar-refractivity contribution < 1.29 is 14.0 Å². The first-order chi connectivity index (χ1) is 17.5. The van der Waals surface area contributed by atoms with Crippen molar-refractivity contribution in [2.45, 2.75) is 37.8 Å². The summed E-state index contributed by atoms with van der Waals surface area (Å²) in [5, 5.41) is 12.7. The lowest BCUT2D eigenvalue weighted by Crippen LogP contribution is -2.21. The van der Waals surface area contributed by atoms with E-state index in [1.807, 2.05) is 35.2 Å². The predicted octanol–water partition coefficient (Wildman–Crippen LogP) is 3.46. The van der Waals surface area contributed by atoms with Crippen molar-refractivity contribution in [2.24, 2.45) is 0 Å². The number of carbonyl (C=O) groups excluding carboxylic acids is 2. The number of H-pyrrole nitrogens is 1. The molecule has 0 bridgehead atoms. The van der Waals surface area contributed by atoms with E-state index in [2.05, 4.69) is 30.8 Å². The van der Waals surface area contributed by atoms with Gasteiger partial charge in [0, 0.05) is 49.0 Å². The standard InChI is InChI=1S/C26H28FN7O2/c27-20-8-10-34(16-20)9-2-5-25(35)31-24-15-28-14-22(29-24)19-4-1-3-17(11-19)12-26(36)30-23-13-21(32-33-23)18-6-7-18/h1-5,11,13-15,18,20H,6-10,12,16H2,(H,29,31,35)(H2,30,32,33,36)/b5-2+/t20-/m0/s1. The number of rotatable bonds is 9. The molecular formula is C26H28FN7O2. The van der Waals surface area contributed by atoms with Crippen LogP contribution in [0.5, 0.6) is 0 Å². The fraction of sp³-hybridized carbons (Fsp3) is 0.346. The number of nitrogens with one attached hydrogen (secondary N) is 3. The van der Waals surface area contributed by atoms with E-state index in [-0.39, 0.29) is 18.2 Å². The van der Waals surface area contributed by atoms with Gasteiger partial charge in [0.2, 0.25) is 11.8 Å². The van der Waals surface area contributed by atoms with Crippen LogP contribution < -0.4 is 10.6 Å². The molecule has 5 rings (SSSR count).